The number of aromatic nitrogens is 2. The van der Waals surface area contributed by atoms with Crippen LogP contribution in [0.5, 0.6) is 0 Å². The molecule has 0 saturated carbocycles. The van der Waals surface area contributed by atoms with Crippen LogP contribution in [0.15, 0.2) is 36.7 Å². The van der Waals surface area contributed by atoms with Crippen LogP contribution in [0.2, 0.25) is 0 Å². The molecule has 1 heterocycles. The first kappa shape index (κ1) is 12.3. The third-order valence-corrected chi connectivity index (χ3v) is 2.66. The molecule has 0 bridgehead atoms. The van der Waals surface area contributed by atoms with Gasteiger partial charge in [0, 0.05) is 24.4 Å². The lowest BCUT2D eigenvalue weighted by molar-refractivity contribution is 0.100. The van der Waals surface area contributed by atoms with Crippen molar-refractivity contribution >= 4 is 5.91 Å². The molecular formula is C13H15N3O2. The number of nitrogens with two attached hydrogens (primary N) is 1. The van der Waals surface area contributed by atoms with Gasteiger partial charge in [0.05, 0.1) is 19.3 Å². The van der Waals surface area contributed by atoms with E-state index in [2.05, 4.69) is 5.10 Å². The summed E-state index contributed by atoms with van der Waals surface area (Å²) in [5.74, 6) is -0.419. The maximum absolute atomic E-state index is 11.0. The molecule has 0 unspecified atom stereocenters. The van der Waals surface area contributed by atoms with E-state index < -0.39 is 5.91 Å². The molecular weight excluding hydrogens is 230 g/mol. The Morgan fingerprint density at radius 2 is 2.06 bits per heavy atom. The summed E-state index contributed by atoms with van der Waals surface area (Å²) in [4.78, 5) is 11.0. The summed E-state index contributed by atoms with van der Waals surface area (Å²) < 4.78 is 6.81. The number of primary amides is 1. The fraction of sp³-hybridized carbons (Fsp3) is 0.231. The number of ether oxygens (including phenoxy) is 1. The topological polar surface area (TPSA) is 70.1 Å². The Balaban J connectivity index is 2.15. The number of benzene rings is 1. The zero-order valence-corrected chi connectivity index (χ0v) is 10.2. The van der Waals surface area contributed by atoms with Gasteiger partial charge in [-0.15, -0.1) is 0 Å². The zero-order valence-electron chi connectivity index (χ0n) is 10.2. The molecule has 0 aliphatic carbocycles. The Morgan fingerprint density at radius 3 is 2.67 bits per heavy atom. The first-order valence-corrected chi connectivity index (χ1v) is 5.62. The largest absolute Gasteiger partial charge is 0.383 e. The fourth-order valence-electron chi connectivity index (χ4n) is 1.65. The number of hydrogen-bond donors (Lipinski definition) is 1. The van der Waals surface area contributed by atoms with Gasteiger partial charge in [-0.3, -0.25) is 9.48 Å². The lowest BCUT2D eigenvalue weighted by Gasteiger charge is -2.00. The third kappa shape index (κ3) is 2.75. The van der Waals surface area contributed by atoms with Crippen LogP contribution in [0, 0.1) is 0 Å². The number of nitrogens with zero attached hydrogens (tertiary/aromatic N) is 2. The minimum Gasteiger partial charge on any atom is -0.383 e. The molecule has 0 atom stereocenters. The number of carbonyl (C=O) groups excluding carboxylic acids is 1. The summed E-state index contributed by atoms with van der Waals surface area (Å²) >= 11 is 0. The first-order valence-electron chi connectivity index (χ1n) is 5.62. The van der Waals surface area contributed by atoms with Crippen molar-refractivity contribution in [1.82, 2.24) is 9.78 Å². The standard InChI is InChI=1S/C13H15N3O2/c1-18-7-6-16-9-12(8-15-16)10-2-4-11(5-3-10)13(14)17/h2-5,8-9H,6-7H2,1H3,(H2,14,17). The average molecular weight is 245 g/mol. The number of carbonyl (C=O) groups is 1. The summed E-state index contributed by atoms with van der Waals surface area (Å²) in [7, 11) is 1.66. The summed E-state index contributed by atoms with van der Waals surface area (Å²) in [5, 5.41) is 4.23. The second kappa shape index (κ2) is 5.46. The van der Waals surface area contributed by atoms with Gasteiger partial charge in [-0.05, 0) is 17.7 Å². The van der Waals surface area contributed by atoms with Gasteiger partial charge < -0.3 is 10.5 Å². The normalized spacial score (nSPS) is 10.5. The van der Waals surface area contributed by atoms with Crippen LogP contribution in [0.4, 0.5) is 0 Å². The highest BCUT2D eigenvalue weighted by Gasteiger charge is 2.04. The Kier molecular flexibility index (Phi) is 3.74. The van der Waals surface area contributed by atoms with Crippen LogP contribution >= 0.6 is 0 Å². The van der Waals surface area contributed by atoms with Crippen molar-refractivity contribution in [2.75, 3.05) is 13.7 Å². The van der Waals surface area contributed by atoms with Crippen molar-refractivity contribution in [3.63, 3.8) is 0 Å². The van der Waals surface area contributed by atoms with E-state index in [0.717, 1.165) is 17.7 Å². The fourth-order valence-corrected chi connectivity index (χ4v) is 1.65. The highest BCUT2D eigenvalue weighted by molar-refractivity contribution is 5.93. The molecule has 0 fully saturated rings. The smallest absolute Gasteiger partial charge is 0.248 e. The molecule has 18 heavy (non-hydrogen) atoms. The summed E-state index contributed by atoms with van der Waals surface area (Å²) in [6.45, 7) is 1.34. The van der Waals surface area contributed by atoms with E-state index in [9.17, 15) is 4.79 Å². The van der Waals surface area contributed by atoms with E-state index in [4.69, 9.17) is 10.5 Å². The molecule has 5 heteroatoms. The monoisotopic (exact) mass is 245 g/mol. The van der Waals surface area contributed by atoms with E-state index in [1.165, 1.54) is 0 Å². The van der Waals surface area contributed by atoms with Crippen molar-refractivity contribution < 1.29 is 9.53 Å². The van der Waals surface area contributed by atoms with Gasteiger partial charge >= 0.3 is 0 Å². The third-order valence-electron chi connectivity index (χ3n) is 2.66. The minimum absolute atomic E-state index is 0.419. The number of methoxy groups -OCH3 is 1. The Hall–Kier alpha value is -2.14. The van der Waals surface area contributed by atoms with Crippen molar-refractivity contribution in [1.29, 1.82) is 0 Å². The molecule has 2 N–H and O–H groups in total. The minimum atomic E-state index is -0.419. The quantitative estimate of drug-likeness (QED) is 0.863. The zero-order chi connectivity index (χ0) is 13.0. The Labute approximate surface area is 105 Å². The van der Waals surface area contributed by atoms with E-state index in [0.29, 0.717) is 12.2 Å². The van der Waals surface area contributed by atoms with Gasteiger partial charge in [-0.25, -0.2) is 0 Å². The molecule has 0 aliphatic rings. The van der Waals surface area contributed by atoms with Gasteiger partial charge in [0.2, 0.25) is 5.91 Å². The molecule has 2 aromatic rings. The first-order chi connectivity index (χ1) is 8.70. The predicted molar refractivity (Wildman–Crippen MR) is 68.1 cm³/mol. The number of hydrogen-bond acceptors (Lipinski definition) is 3. The molecule has 0 aliphatic heterocycles. The SMILES string of the molecule is COCCn1cc(-c2ccc(C(N)=O)cc2)cn1. The lowest BCUT2D eigenvalue weighted by atomic mass is 10.1. The van der Waals surface area contributed by atoms with Gasteiger partial charge in [0.15, 0.2) is 0 Å². The Bertz CT molecular complexity index is 531. The number of amides is 1. The lowest BCUT2D eigenvalue weighted by Crippen LogP contribution is -2.10. The second-order valence-electron chi connectivity index (χ2n) is 3.93. The summed E-state index contributed by atoms with van der Waals surface area (Å²) in [6.07, 6.45) is 3.73. The molecule has 0 saturated heterocycles. The molecule has 1 aromatic heterocycles. The van der Waals surface area contributed by atoms with Gasteiger partial charge in [0.25, 0.3) is 0 Å². The molecule has 0 spiro atoms. The van der Waals surface area contributed by atoms with Crippen molar-refractivity contribution in [3.05, 3.63) is 42.2 Å². The highest BCUT2D eigenvalue weighted by atomic mass is 16.5. The highest BCUT2D eigenvalue weighted by Crippen LogP contribution is 2.18. The van der Waals surface area contributed by atoms with E-state index in [1.54, 1.807) is 25.4 Å². The summed E-state index contributed by atoms with van der Waals surface area (Å²) in [5.41, 5.74) is 7.70. The maximum Gasteiger partial charge on any atom is 0.248 e. The van der Waals surface area contributed by atoms with Crippen LogP contribution in [0.1, 0.15) is 10.4 Å². The van der Waals surface area contributed by atoms with Crippen LogP contribution < -0.4 is 5.73 Å². The van der Waals surface area contributed by atoms with Crippen LogP contribution in [0.25, 0.3) is 11.1 Å². The van der Waals surface area contributed by atoms with Crippen LogP contribution in [0.3, 0.4) is 0 Å². The molecule has 5 nitrogen and oxygen atoms in total. The molecule has 2 rings (SSSR count). The van der Waals surface area contributed by atoms with E-state index >= 15 is 0 Å². The van der Waals surface area contributed by atoms with E-state index in [1.807, 2.05) is 23.0 Å². The van der Waals surface area contributed by atoms with Crippen molar-refractivity contribution in [3.8, 4) is 11.1 Å². The van der Waals surface area contributed by atoms with Crippen molar-refractivity contribution in [2.45, 2.75) is 6.54 Å². The Morgan fingerprint density at radius 1 is 1.33 bits per heavy atom. The summed E-state index contributed by atoms with van der Waals surface area (Å²) in [6, 6.07) is 7.14. The van der Waals surface area contributed by atoms with Gasteiger partial charge in [-0.1, -0.05) is 12.1 Å². The average Bonchev–Trinajstić information content (AvgIpc) is 2.85. The van der Waals surface area contributed by atoms with Crippen LogP contribution in [-0.2, 0) is 11.3 Å². The van der Waals surface area contributed by atoms with Gasteiger partial charge in [0.1, 0.15) is 0 Å². The molecule has 1 aromatic carbocycles. The maximum atomic E-state index is 11.0. The van der Waals surface area contributed by atoms with Crippen LogP contribution in [-0.4, -0.2) is 29.4 Å². The second-order valence-corrected chi connectivity index (χ2v) is 3.93. The molecule has 94 valence electrons. The van der Waals surface area contributed by atoms with Crippen molar-refractivity contribution in [2.24, 2.45) is 5.73 Å². The number of rotatable bonds is 5. The van der Waals surface area contributed by atoms with E-state index in [-0.39, 0.29) is 0 Å². The molecule has 1 amide bonds. The van der Waals surface area contributed by atoms with Gasteiger partial charge in [-0.2, -0.15) is 5.10 Å². The molecule has 0 radical (unpaired) electrons. The predicted octanol–water partition coefficient (Wildman–Crippen LogP) is 1.30.